The summed E-state index contributed by atoms with van der Waals surface area (Å²) in [5, 5.41) is 7.96. The molecule has 0 atom stereocenters. The maximum absolute atomic E-state index is 6.09. The third-order valence-electron chi connectivity index (χ3n) is 2.86. The third kappa shape index (κ3) is 4.28. The molecule has 0 saturated carbocycles. The Bertz CT molecular complexity index is 411. The van der Waals surface area contributed by atoms with Crippen molar-refractivity contribution in [1.82, 2.24) is 15.0 Å². The average molecular weight is 368 g/mol. The van der Waals surface area contributed by atoms with E-state index in [1.54, 1.807) is 4.68 Å². The Morgan fingerprint density at radius 1 is 1.05 bits per heavy atom. The van der Waals surface area contributed by atoms with Crippen LogP contribution in [0.15, 0.2) is 0 Å². The number of unbranched alkanes of at least 4 members (excludes halogenated alkanes) is 3. The summed E-state index contributed by atoms with van der Waals surface area (Å²) in [5.74, 6) is 0. The topological polar surface area (TPSA) is 30.7 Å². The highest BCUT2D eigenvalue weighted by Gasteiger charge is 2.50. The van der Waals surface area contributed by atoms with Gasteiger partial charge >= 0.3 is 0 Å². The lowest BCUT2D eigenvalue weighted by atomic mass is 10.2. The normalized spacial score (nSPS) is 13.0. The van der Waals surface area contributed by atoms with Crippen molar-refractivity contribution >= 4 is 58.0 Å². The van der Waals surface area contributed by atoms with Gasteiger partial charge in [0.25, 0.3) is 0 Å². The standard InChI is InChI=1S/C11H16Cl5N3/c1-3-4-5-6-7-19-8(2)9(17-18-19)10(12,13)11(14,15)16/h3-7H2,1-2H3. The zero-order valence-electron chi connectivity index (χ0n) is 10.8. The third-order valence-corrected chi connectivity index (χ3v) is 5.22. The molecule has 1 aromatic heterocycles. The zero-order chi connectivity index (χ0) is 14.7. The van der Waals surface area contributed by atoms with Crippen molar-refractivity contribution in [1.29, 1.82) is 0 Å². The number of hydrogen-bond donors (Lipinski definition) is 0. The van der Waals surface area contributed by atoms with Gasteiger partial charge in [0.2, 0.25) is 8.13 Å². The van der Waals surface area contributed by atoms with Crippen LogP contribution in [0.3, 0.4) is 0 Å². The summed E-state index contributed by atoms with van der Waals surface area (Å²) in [7, 11) is 0. The van der Waals surface area contributed by atoms with Gasteiger partial charge in [0.15, 0.2) is 0 Å². The van der Waals surface area contributed by atoms with E-state index in [0.717, 1.165) is 19.4 Å². The molecule has 1 aromatic rings. The van der Waals surface area contributed by atoms with E-state index in [2.05, 4.69) is 17.2 Å². The quantitative estimate of drug-likeness (QED) is 0.513. The molecule has 0 fully saturated rings. The monoisotopic (exact) mass is 365 g/mol. The molecule has 0 bridgehead atoms. The molecule has 8 heteroatoms. The van der Waals surface area contributed by atoms with Gasteiger partial charge in [-0.1, -0.05) is 89.4 Å². The van der Waals surface area contributed by atoms with Crippen LogP contribution in [0.25, 0.3) is 0 Å². The molecule has 0 aromatic carbocycles. The lowest BCUT2D eigenvalue weighted by Gasteiger charge is -2.25. The number of aromatic nitrogens is 3. The van der Waals surface area contributed by atoms with Crippen LogP contribution >= 0.6 is 58.0 Å². The first-order valence-corrected chi connectivity index (χ1v) is 7.96. The van der Waals surface area contributed by atoms with Gasteiger partial charge in [-0.05, 0) is 13.3 Å². The number of aryl methyl sites for hydroxylation is 1. The highest BCUT2D eigenvalue weighted by molar-refractivity contribution is 6.75. The molecule has 0 aliphatic rings. The molecule has 1 heterocycles. The number of halogens is 5. The van der Waals surface area contributed by atoms with Crippen LogP contribution in [0.5, 0.6) is 0 Å². The molecular weight excluding hydrogens is 351 g/mol. The number of rotatable bonds is 6. The van der Waals surface area contributed by atoms with E-state index in [-0.39, 0.29) is 5.69 Å². The minimum atomic E-state index is -1.87. The average Bonchev–Trinajstić information content (AvgIpc) is 2.65. The van der Waals surface area contributed by atoms with Crippen molar-refractivity contribution < 1.29 is 0 Å². The smallest absolute Gasteiger partial charge is 0.228 e. The lowest BCUT2D eigenvalue weighted by molar-refractivity contribution is 0.519. The maximum atomic E-state index is 6.09. The molecule has 0 aliphatic heterocycles. The largest absolute Gasteiger partial charge is 0.249 e. The predicted molar refractivity (Wildman–Crippen MR) is 82.6 cm³/mol. The van der Waals surface area contributed by atoms with E-state index in [0.29, 0.717) is 5.69 Å². The lowest BCUT2D eigenvalue weighted by Crippen LogP contribution is -2.29. The van der Waals surface area contributed by atoms with E-state index in [1.807, 2.05) is 6.92 Å². The van der Waals surface area contributed by atoms with Gasteiger partial charge in [-0.15, -0.1) is 5.10 Å². The van der Waals surface area contributed by atoms with Crippen LogP contribution in [0, 0.1) is 6.92 Å². The van der Waals surface area contributed by atoms with Crippen molar-refractivity contribution in [3.8, 4) is 0 Å². The Hall–Kier alpha value is 0.590. The Kier molecular flexibility index (Phi) is 6.53. The van der Waals surface area contributed by atoms with Crippen LogP contribution in [0.2, 0.25) is 0 Å². The van der Waals surface area contributed by atoms with E-state index < -0.39 is 8.13 Å². The van der Waals surface area contributed by atoms with Crippen LogP contribution in [-0.2, 0) is 10.9 Å². The molecule has 0 unspecified atom stereocenters. The molecule has 19 heavy (non-hydrogen) atoms. The molecule has 1 rings (SSSR count). The van der Waals surface area contributed by atoms with Gasteiger partial charge in [0, 0.05) is 6.54 Å². The Labute approximate surface area is 138 Å². The summed E-state index contributed by atoms with van der Waals surface area (Å²) in [5.41, 5.74) is 0.999. The summed E-state index contributed by atoms with van der Waals surface area (Å²) in [6.07, 6.45) is 4.54. The first kappa shape index (κ1) is 17.6. The predicted octanol–water partition coefficient (Wildman–Crippen LogP) is 5.17. The Morgan fingerprint density at radius 2 is 1.68 bits per heavy atom. The second-order valence-corrected chi connectivity index (χ2v) is 7.99. The summed E-state index contributed by atoms with van der Waals surface area (Å²) >= 11 is 29.5. The molecule has 0 spiro atoms. The minimum Gasteiger partial charge on any atom is -0.249 e. The van der Waals surface area contributed by atoms with Crippen molar-refractivity contribution in [2.75, 3.05) is 0 Å². The minimum absolute atomic E-state index is 0.284. The van der Waals surface area contributed by atoms with E-state index >= 15 is 0 Å². The van der Waals surface area contributed by atoms with E-state index in [4.69, 9.17) is 58.0 Å². The molecule has 110 valence electrons. The molecular formula is C11H16Cl5N3. The highest BCUT2D eigenvalue weighted by Crippen LogP contribution is 2.52. The van der Waals surface area contributed by atoms with E-state index in [9.17, 15) is 0 Å². The molecule has 0 saturated heterocycles. The second-order valence-electron chi connectivity index (χ2n) is 4.38. The fourth-order valence-electron chi connectivity index (χ4n) is 1.69. The Morgan fingerprint density at radius 3 is 2.21 bits per heavy atom. The van der Waals surface area contributed by atoms with Crippen LogP contribution in [-0.4, -0.2) is 18.8 Å². The fraction of sp³-hybridized carbons (Fsp3) is 0.818. The maximum Gasteiger partial charge on any atom is 0.228 e. The van der Waals surface area contributed by atoms with Gasteiger partial charge in [0.1, 0.15) is 5.69 Å². The van der Waals surface area contributed by atoms with Crippen molar-refractivity contribution in [2.24, 2.45) is 0 Å². The highest BCUT2D eigenvalue weighted by atomic mass is 35.6. The van der Waals surface area contributed by atoms with E-state index in [1.165, 1.54) is 12.8 Å². The SMILES string of the molecule is CCCCCCn1nnc(C(Cl)(Cl)C(Cl)(Cl)Cl)c1C. The first-order chi connectivity index (χ1) is 8.71. The zero-order valence-corrected chi connectivity index (χ0v) is 14.5. The van der Waals surface area contributed by atoms with Gasteiger partial charge in [-0.25, -0.2) is 4.68 Å². The second kappa shape index (κ2) is 7.04. The number of nitrogens with zero attached hydrogens (tertiary/aromatic N) is 3. The number of alkyl halides is 5. The molecule has 0 N–H and O–H groups in total. The Balaban J connectivity index is 2.81. The van der Waals surface area contributed by atoms with Crippen LogP contribution in [0.1, 0.15) is 44.0 Å². The summed E-state index contributed by atoms with van der Waals surface area (Å²) < 4.78 is -1.85. The molecule has 0 radical (unpaired) electrons. The molecule has 3 nitrogen and oxygen atoms in total. The van der Waals surface area contributed by atoms with Crippen LogP contribution < -0.4 is 0 Å². The van der Waals surface area contributed by atoms with Gasteiger partial charge in [-0.2, -0.15) is 0 Å². The molecule has 0 aliphatic carbocycles. The number of hydrogen-bond acceptors (Lipinski definition) is 2. The summed E-state index contributed by atoms with van der Waals surface area (Å²) in [4.78, 5) is 0. The fourth-order valence-corrected chi connectivity index (χ4v) is 2.30. The van der Waals surface area contributed by atoms with Gasteiger partial charge in [0.05, 0.1) is 5.69 Å². The van der Waals surface area contributed by atoms with Crippen molar-refractivity contribution in [3.63, 3.8) is 0 Å². The molecule has 0 amide bonds. The van der Waals surface area contributed by atoms with Crippen molar-refractivity contribution in [3.05, 3.63) is 11.4 Å². The first-order valence-electron chi connectivity index (χ1n) is 6.07. The van der Waals surface area contributed by atoms with Crippen LogP contribution in [0.4, 0.5) is 0 Å². The van der Waals surface area contributed by atoms with Gasteiger partial charge < -0.3 is 0 Å². The van der Waals surface area contributed by atoms with Crippen molar-refractivity contribution in [2.45, 2.75) is 54.2 Å². The summed E-state index contributed by atoms with van der Waals surface area (Å²) in [6.45, 7) is 4.72. The summed E-state index contributed by atoms with van der Waals surface area (Å²) in [6, 6.07) is 0. The van der Waals surface area contributed by atoms with Gasteiger partial charge in [-0.3, -0.25) is 0 Å².